The Hall–Kier alpha value is -1.80. The molecule has 3 N–H and O–H groups in total. The van der Waals surface area contributed by atoms with Crippen LogP contribution in [0, 0.1) is 13.8 Å². The zero-order valence-corrected chi connectivity index (χ0v) is 10.1. The summed E-state index contributed by atoms with van der Waals surface area (Å²) in [5.74, 6) is 0. The highest BCUT2D eigenvalue weighted by Crippen LogP contribution is 2.28. The van der Waals surface area contributed by atoms with E-state index in [0.717, 1.165) is 22.3 Å². The van der Waals surface area contributed by atoms with E-state index < -0.39 is 6.10 Å². The van der Waals surface area contributed by atoms with Gasteiger partial charge >= 0.3 is 0 Å². The van der Waals surface area contributed by atoms with Gasteiger partial charge in [-0.05, 0) is 31.0 Å². The van der Waals surface area contributed by atoms with Crippen molar-refractivity contribution in [3.05, 3.63) is 64.7 Å². The second kappa shape index (κ2) is 4.60. The zero-order valence-electron chi connectivity index (χ0n) is 10.1. The van der Waals surface area contributed by atoms with Gasteiger partial charge in [-0.25, -0.2) is 0 Å². The predicted octanol–water partition coefficient (Wildman–Crippen LogP) is 2.97. The van der Waals surface area contributed by atoms with Crippen molar-refractivity contribution in [3.8, 4) is 0 Å². The monoisotopic (exact) mass is 227 g/mol. The van der Waals surface area contributed by atoms with Crippen LogP contribution in [0.5, 0.6) is 0 Å². The third-order valence-corrected chi connectivity index (χ3v) is 3.02. The Morgan fingerprint density at radius 1 is 1.00 bits per heavy atom. The quantitative estimate of drug-likeness (QED) is 0.775. The van der Waals surface area contributed by atoms with E-state index in [4.69, 9.17) is 5.73 Å². The fourth-order valence-electron chi connectivity index (χ4n) is 1.98. The number of aliphatic hydroxyl groups is 1. The second-order valence-corrected chi connectivity index (χ2v) is 4.39. The first-order valence-electron chi connectivity index (χ1n) is 5.69. The SMILES string of the molecule is Cc1ccc(C)c(C(O)c2ccccc2N)c1. The third-order valence-electron chi connectivity index (χ3n) is 3.02. The first-order valence-corrected chi connectivity index (χ1v) is 5.69. The number of aliphatic hydroxyl groups excluding tert-OH is 1. The molecule has 0 fully saturated rings. The normalized spacial score (nSPS) is 12.4. The van der Waals surface area contributed by atoms with E-state index in [1.165, 1.54) is 0 Å². The molecule has 2 aromatic carbocycles. The van der Waals surface area contributed by atoms with E-state index in [2.05, 4.69) is 0 Å². The number of para-hydroxylation sites is 1. The van der Waals surface area contributed by atoms with Crippen molar-refractivity contribution in [3.63, 3.8) is 0 Å². The molecule has 2 nitrogen and oxygen atoms in total. The minimum Gasteiger partial charge on any atom is -0.398 e. The van der Waals surface area contributed by atoms with E-state index in [1.807, 2.05) is 56.3 Å². The summed E-state index contributed by atoms with van der Waals surface area (Å²) in [7, 11) is 0. The van der Waals surface area contributed by atoms with Crippen LogP contribution in [0.4, 0.5) is 5.69 Å². The molecule has 0 aromatic heterocycles. The molecule has 0 bridgehead atoms. The molecule has 0 spiro atoms. The van der Waals surface area contributed by atoms with Crippen molar-refractivity contribution in [2.75, 3.05) is 5.73 Å². The summed E-state index contributed by atoms with van der Waals surface area (Å²) in [6.07, 6.45) is -0.656. The fourth-order valence-corrected chi connectivity index (χ4v) is 1.98. The molecule has 2 rings (SSSR count). The smallest absolute Gasteiger partial charge is 0.106 e. The number of aryl methyl sites for hydroxylation is 2. The highest BCUT2D eigenvalue weighted by Gasteiger charge is 2.15. The lowest BCUT2D eigenvalue weighted by Gasteiger charge is -2.16. The number of hydrogen-bond donors (Lipinski definition) is 2. The predicted molar refractivity (Wildman–Crippen MR) is 70.8 cm³/mol. The summed E-state index contributed by atoms with van der Waals surface area (Å²) < 4.78 is 0. The largest absolute Gasteiger partial charge is 0.398 e. The highest BCUT2D eigenvalue weighted by atomic mass is 16.3. The summed E-state index contributed by atoms with van der Waals surface area (Å²) in [4.78, 5) is 0. The Bertz CT molecular complexity index is 534. The van der Waals surface area contributed by atoms with E-state index in [9.17, 15) is 5.11 Å². The highest BCUT2D eigenvalue weighted by molar-refractivity contribution is 5.51. The average molecular weight is 227 g/mol. The maximum Gasteiger partial charge on any atom is 0.106 e. The molecule has 1 atom stereocenters. The number of hydrogen-bond acceptors (Lipinski definition) is 2. The first-order chi connectivity index (χ1) is 8.09. The molecule has 0 aliphatic carbocycles. The zero-order chi connectivity index (χ0) is 12.4. The first kappa shape index (κ1) is 11.7. The minimum atomic E-state index is -0.656. The minimum absolute atomic E-state index is 0.626. The molecule has 88 valence electrons. The molecule has 0 radical (unpaired) electrons. The fraction of sp³-hybridized carbons (Fsp3) is 0.200. The summed E-state index contributed by atoms with van der Waals surface area (Å²) >= 11 is 0. The Morgan fingerprint density at radius 2 is 1.71 bits per heavy atom. The van der Waals surface area contributed by atoms with Gasteiger partial charge in [-0.1, -0.05) is 42.0 Å². The topological polar surface area (TPSA) is 46.2 Å². The molecule has 2 heteroatoms. The number of benzene rings is 2. The summed E-state index contributed by atoms with van der Waals surface area (Å²) in [5.41, 5.74) is 10.4. The number of nitrogen functional groups attached to an aromatic ring is 1. The molecule has 0 aliphatic rings. The van der Waals surface area contributed by atoms with Crippen LogP contribution in [0.2, 0.25) is 0 Å². The van der Waals surface area contributed by atoms with Gasteiger partial charge in [0.25, 0.3) is 0 Å². The molecule has 17 heavy (non-hydrogen) atoms. The summed E-state index contributed by atoms with van der Waals surface area (Å²) in [6, 6.07) is 13.5. The third kappa shape index (κ3) is 2.32. The van der Waals surface area contributed by atoms with Crippen molar-refractivity contribution in [1.29, 1.82) is 0 Å². The summed E-state index contributed by atoms with van der Waals surface area (Å²) in [5, 5.41) is 10.4. The van der Waals surface area contributed by atoms with Crippen molar-refractivity contribution >= 4 is 5.69 Å². The van der Waals surface area contributed by atoms with Crippen LogP contribution in [-0.4, -0.2) is 5.11 Å². The van der Waals surface area contributed by atoms with E-state index in [-0.39, 0.29) is 0 Å². The molecule has 2 aromatic rings. The van der Waals surface area contributed by atoms with Crippen LogP contribution in [0.3, 0.4) is 0 Å². The van der Waals surface area contributed by atoms with Gasteiger partial charge in [0, 0.05) is 11.3 Å². The standard InChI is InChI=1S/C15H17NO/c1-10-7-8-11(2)13(9-10)15(17)12-5-3-4-6-14(12)16/h3-9,15,17H,16H2,1-2H3. The average Bonchev–Trinajstić information content (AvgIpc) is 2.32. The van der Waals surface area contributed by atoms with Crippen molar-refractivity contribution in [1.82, 2.24) is 0 Å². The molecule has 0 amide bonds. The molecule has 0 saturated carbocycles. The van der Waals surface area contributed by atoms with Crippen LogP contribution in [0.15, 0.2) is 42.5 Å². The maximum atomic E-state index is 10.4. The van der Waals surface area contributed by atoms with Gasteiger partial charge < -0.3 is 10.8 Å². The molecule has 0 saturated heterocycles. The van der Waals surface area contributed by atoms with Crippen LogP contribution in [-0.2, 0) is 0 Å². The van der Waals surface area contributed by atoms with Crippen molar-refractivity contribution in [2.45, 2.75) is 20.0 Å². The second-order valence-electron chi connectivity index (χ2n) is 4.39. The lowest BCUT2D eigenvalue weighted by molar-refractivity contribution is 0.220. The van der Waals surface area contributed by atoms with Gasteiger partial charge in [0.1, 0.15) is 6.10 Å². The van der Waals surface area contributed by atoms with Gasteiger partial charge in [-0.3, -0.25) is 0 Å². The molecule has 0 aliphatic heterocycles. The molecular formula is C15H17NO. The number of nitrogens with two attached hydrogens (primary N) is 1. The van der Waals surface area contributed by atoms with Gasteiger partial charge in [0.15, 0.2) is 0 Å². The van der Waals surface area contributed by atoms with Gasteiger partial charge in [0.2, 0.25) is 0 Å². The van der Waals surface area contributed by atoms with Crippen LogP contribution in [0.25, 0.3) is 0 Å². The Kier molecular flexibility index (Phi) is 3.16. The number of rotatable bonds is 2. The molecule has 0 heterocycles. The van der Waals surface area contributed by atoms with E-state index >= 15 is 0 Å². The molecule has 1 unspecified atom stereocenters. The van der Waals surface area contributed by atoms with Gasteiger partial charge in [-0.2, -0.15) is 0 Å². The molecular weight excluding hydrogens is 210 g/mol. The van der Waals surface area contributed by atoms with Crippen molar-refractivity contribution < 1.29 is 5.11 Å². The number of anilines is 1. The lowest BCUT2D eigenvalue weighted by atomic mass is 9.95. The summed E-state index contributed by atoms with van der Waals surface area (Å²) in [6.45, 7) is 4.02. The van der Waals surface area contributed by atoms with Gasteiger partial charge in [-0.15, -0.1) is 0 Å². The van der Waals surface area contributed by atoms with Crippen molar-refractivity contribution in [2.24, 2.45) is 0 Å². The van der Waals surface area contributed by atoms with Crippen LogP contribution >= 0.6 is 0 Å². The van der Waals surface area contributed by atoms with Crippen LogP contribution < -0.4 is 5.73 Å². The van der Waals surface area contributed by atoms with Crippen LogP contribution in [0.1, 0.15) is 28.4 Å². The van der Waals surface area contributed by atoms with E-state index in [1.54, 1.807) is 0 Å². The Balaban J connectivity index is 2.47. The Morgan fingerprint density at radius 3 is 2.41 bits per heavy atom. The lowest BCUT2D eigenvalue weighted by Crippen LogP contribution is -2.05. The Labute approximate surface area is 102 Å². The van der Waals surface area contributed by atoms with E-state index in [0.29, 0.717) is 5.69 Å². The maximum absolute atomic E-state index is 10.4. The van der Waals surface area contributed by atoms with Gasteiger partial charge in [0.05, 0.1) is 0 Å².